The molecule has 2 fully saturated rings. The molecule has 0 unspecified atom stereocenters. The highest BCUT2D eigenvalue weighted by Gasteiger charge is 2.47. The Bertz CT molecular complexity index is 1260. The average Bonchev–Trinajstić information content (AvgIpc) is 2.93. The van der Waals surface area contributed by atoms with Crippen LogP contribution in [-0.4, -0.2) is 79.6 Å². The Balaban J connectivity index is 1.81. The number of carboxylic acids is 1. The first kappa shape index (κ1) is 33.0. The average molecular weight is 647 g/mol. The monoisotopic (exact) mass is 646 g/mol. The van der Waals surface area contributed by atoms with Crippen LogP contribution in [-0.2, 0) is 14.8 Å². The molecular formula is C27H36F6N2O5S2. The molecule has 15 heteroatoms. The molecule has 0 spiro atoms. The number of fused-ring (bicyclic) bond motifs is 1. The number of hydrogen-bond acceptors (Lipinski definition) is 6. The number of carbonyl (C=O) groups is 1. The fourth-order valence-electron chi connectivity index (χ4n) is 5.42. The number of halogens is 6. The lowest BCUT2D eigenvalue weighted by atomic mass is 9.90. The van der Waals surface area contributed by atoms with Gasteiger partial charge in [-0.05, 0) is 39.2 Å². The van der Waals surface area contributed by atoms with E-state index in [4.69, 9.17) is 4.74 Å². The maximum Gasteiger partial charge on any atom is 0.312 e. The van der Waals surface area contributed by atoms with E-state index in [1.165, 1.54) is 33.0 Å². The van der Waals surface area contributed by atoms with Crippen LogP contribution in [0.15, 0.2) is 21.9 Å². The molecule has 238 valence electrons. The van der Waals surface area contributed by atoms with Gasteiger partial charge in [0.25, 0.3) is 0 Å². The van der Waals surface area contributed by atoms with E-state index in [1.807, 2.05) is 0 Å². The summed E-state index contributed by atoms with van der Waals surface area (Å²) in [5.41, 5.74) is -1.21. The van der Waals surface area contributed by atoms with E-state index < -0.39 is 89.1 Å². The van der Waals surface area contributed by atoms with Crippen LogP contribution in [0.4, 0.5) is 32.0 Å². The number of alkyl halides is 6. The zero-order valence-corrected chi connectivity index (χ0v) is 25.2. The van der Waals surface area contributed by atoms with Crippen molar-refractivity contribution in [3.63, 3.8) is 0 Å². The number of ether oxygens (including phenoxy) is 1. The molecule has 1 aromatic rings. The van der Waals surface area contributed by atoms with E-state index >= 15 is 0 Å². The van der Waals surface area contributed by atoms with E-state index in [2.05, 4.69) is 0 Å². The summed E-state index contributed by atoms with van der Waals surface area (Å²) in [6, 6.07) is 1.30. The fraction of sp³-hybridized carbons (Fsp3) is 0.741. The standard InChI is InChI=1S/C27H36F6N2O5S2/c1-25(2,24(36)37)15-40-20-11-22-19(10-21(20)41-18-12-27(32,33)13-18)35(16-6-8-26(30,31)9-7-16)14-17(4-5-23(28)29)34(3)42(22,38)39/h10-11,16-18,23H,4-9,12-15H2,1-3H3,(H,36,37)/t17-/m0/s1. The van der Waals surface area contributed by atoms with Gasteiger partial charge in [-0.3, -0.25) is 4.79 Å². The SMILES string of the molecule is CN1[C@@H](CCC(F)F)CN(C2CCC(F)(F)CC2)c2cc(SC3CC(F)(F)C3)c(OCC(C)(C)C(=O)O)cc2S1(=O)=O. The fourth-order valence-corrected chi connectivity index (χ4v) is 8.42. The summed E-state index contributed by atoms with van der Waals surface area (Å²) in [5.74, 6) is -6.88. The third kappa shape index (κ3) is 7.25. The van der Waals surface area contributed by atoms with Gasteiger partial charge in [0.15, 0.2) is 0 Å². The maximum atomic E-state index is 14.1. The van der Waals surface area contributed by atoms with Crippen molar-refractivity contribution >= 4 is 33.4 Å². The predicted octanol–water partition coefficient (Wildman–Crippen LogP) is 6.50. The lowest BCUT2D eigenvalue weighted by Crippen LogP contribution is -2.47. The second kappa shape index (κ2) is 11.9. The van der Waals surface area contributed by atoms with Gasteiger partial charge in [0.05, 0.1) is 16.0 Å². The number of aliphatic carboxylic acids is 1. The molecule has 1 N–H and O–H groups in total. The lowest BCUT2D eigenvalue weighted by Gasteiger charge is -2.40. The minimum Gasteiger partial charge on any atom is -0.491 e. The van der Waals surface area contributed by atoms with E-state index in [-0.39, 0.29) is 48.7 Å². The van der Waals surface area contributed by atoms with Gasteiger partial charge in [0.2, 0.25) is 28.3 Å². The molecule has 0 saturated heterocycles. The molecule has 1 aromatic carbocycles. The van der Waals surface area contributed by atoms with Crippen molar-refractivity contribution in [1.82, 2.24) is 4.31 Å². The molecule has 1 heterocycles. The Morgan fingerprint density at radius 2 is 1.76 bits per heavy atom. The van der Waals surface area contributed by atoms with Gasteiger partial charge < -0.3 is 14.7 Å². The van der Waals surface area contributed by atoms with Crippen molar-refractivity contribution in [3.8, 4) is 5.75 Å². The number of carboxylic acid groups (broad SMARTS) is 1. The minimum absolute atomic E-state index is 0.0126. The first-order valence-electron chi connectivity index (χ1n) is 13.8. The van der Waals surface area contributed by atoms with Crippen molar-refractivity contribution in [2.45, 2.75) is 111 Å². The maximum absolute atomic E-state index is 14.1. The van der Waals surface area contributed by atoms with Gasteiger partial charge in [-0.25, -0.2) is 34.8 Å². The summed E-state index contributed by atoms with van der Waals surface area (Å²) in [6.07, 6.45) is -4.98. The van der Waals surface area contributed by atoms with Gasteiger partial charge in [-0.1, -0.05) is 0 Å². The zero-order valence-electron chi connectivity index (χ0n) is 23.6. The van der Waals surface area contributed by atoms with E-state index in [0.29, 0.717) is 4.90 Å². The van der Waals surface area contributed by atoms with Crippen molar-refractivity contribution in [1.29, 1.82) is 0 Å². The predicted molar refractivity (Wildman–Crippen MR) is 146 cm³/mol. The highest BCUT2D eigenvalue weighted by molar-refractivity contribution is 8.00. The largest absolute Gasteiger partial charge is 0.491 e. The molecule has 1 aliphatic heterocycles. The Hall–Kier alpha value is -1.87. The number of hydrogen-bond donors (Lipinski definition) is 1. The number of thioether (sulfide) groups is 1. The molecule has 0 bridgehead atoms. The summed E-state index contributed by atoms with van der Waals surface area (Å²) in [7, 11) is -3.04. The quantitative estimate of drug-likeness (QED) is 0.291. The molecule has 4 rings (SSSR count). The van der Waals surface area contributed by atoms with Crippen LogP contribution in [0.1, 0.15) is 65.2 Å². The van der Waals surface area contributed by atoms with Gasteiger partial charge in [0.1, 0.15) is 17.3 Å². The summed E-state index contributed by atoms with van der Waals surface area (Å²) < 4.78 is 117. The van der Waals surface area contributed by atoms with Crippen LogP contribution >= 0.6 is 11.8 Å². The number of sulfonamides is 1. The second-order valence-corrected chi connectivity index (χ2v) is 15.4. The highest BCUT2D eigenvalue weighted by atomic mass is 32.2. The first-order valence-corrected chi connectivity index (χ1v) is 16.1. The number of benzene rings is 1. The Morgan fingerprint density at radius 3 is 2.31 bits per heavy atom. The first-order chi connectivity index (χ1) is 19.3. The summed E-state index contributed by atoms with van der Waals surface area (Å²) >= 11 is 1.06. The zero-order chi connectivity index (χ0) is 31.3. The van der Waals surface area contributed by atoms with Crippen molar-refractivity contribution in [2.24, 2.45) is 5.41 Å². The minimum atomic E-state index is -4.32. The molecule has 0 aromatic heterocycles. The highest BCUT2D eigenvalue weighted by Crippen LogP contribution is 2.51. The number of nitrogens with zero attached hydrogens (tertiary/aromatic N) is 2. The van der Waals surface area contributed by atoms with Crippen LogP contribution in [0.3, 0.4) is 0 Å². The second-order valence-electron chi connectivity index (χ2n) is 12.1. The van der Waals surface area contributed by atoms with Crippen LogP contribution in [0.5, 0.6) is 5.75 Å². The summed E-state index contributed by atoms with van der Waals surface area (Å²) in [5, 5.41) is 9.02. The van der Waals surface area contributed by atoms with Crippen molar-refractivity contribution in [2.75, 3.05) is 25.1 Å². The number of rotatable bonds is 10. The topological polar surface area (TPSA) is 87.2 Å². The van der Waals surface area contributed by atoms with Crippen LogP contribution in [0, 0.1) is 5.41 Å². The number of likely N-dealkylation sites (N-methyl/N-ethyl adjacent to an activating group) is 1. The molecule has 0 amide bonds. The Morgan fingerprint density at radius 1 is 1.14 bits per heavy atom. The summed E-state index contributed by atoms with van der Waals surface area (Å²) in [4.78, 5) is 13.4. The molecule has 3 aliphatic rings. The Kier molecular flexibility index (Phi) is 9.36. The molecule has 0 radical (unpaired) electrons. The van der Waals surface area contributed by atoms with E-state index in [9.17, 15) is 44.7 Å². The summed E-state index contributed by atoms with van der Waals surface area (Å²) in [6.45, 7) is 2.45. The third-order valence-corrected chi connectivity index (χ3v) is 11.5. The van der Waals surface area contributed by atoms with Gasteiger partial charge in [0, 0.05) is 69.1 Å². The smallest absolute Gasteiger partial charge is 0.312 e. The van der Waals surface area contributed by atoms with E-state index in [0.717, 1.165) is 16.1 Å². The molecule has 7 nitrogen and oxygen atoms in total. The molecular weight excluding hydrogens is 610 g/mol. The lowest BCUT2D eigenvalue weighted by molar-refractivity contribution is -0.148. The Labute approximate surface area is 246 Å². The van der Waals surface area contributed by atoms with Crippen molar-refractivity contribution in [3.05, 3.63) is 12.1 Å². The molecule has 42 heavy (non-hydrogen) atoms. The van der Waals surface area contributed by atoms with E-state index in [1.54, 1.807) is 4.90 Å². The van der Waals surface area contributed by atoms with Gasteiger partial charge in [-0.2, -0.15) is 4.31 Å². The molecule has 2 aliphatic carbocycles. The molecule has 2 saturated carbocycles. The normalized spacial score (nSPS) is 24.6. The van der Waals surface area contributed by atoms with Crippen LogP contribution < -0.4 is 9.64 Å². The molecule has 1 atom stereocenters. The van der Waals surface area contributed by atoms with Gasteiger partial charge in [-0.15, -0.1) is 11.8 Å². The number of anilines is 1. The van der Waals surface area contributed by atoms with Gasteiger partial charge >= 0.3 is 5.97 Å². The van der Waals surface area contributed by atoms with Crippen LogP contribution in [0.25, 0.3) is 0 Å². The van der Waals surface area contributed by atoms with Crippen molar-refractivity contribution < 1.29 is 49.4 Å². The van der Waals surface area contributed by atoms with Crippen LogP contribution in [0.2, 0.25) is 0 Å². The third-order valence-electron chi connectivity index (χ3n) is 8.27.